The first-order valence-electron chi connectivity index (χ1n) is 9.97. The van der Waals surface area contributed by atoms with Crippen molar-refractivity contribution in [2.45, 2.75) is 56.1 Å². The summed E-state index contributed by atoms with van der Waals surface area (Å²) in [5, 5.41) is 17.2. The monoisotopic (exact) mass is 394 g/mol. The molecule has 3 N–H and O–H groups in total. The van der Waals surface area contributed by atoms with Gasteiger partial charge in [-0.3, -0.25) is 4.79 Å². The number of fused-ring (bicyclic) bond motifs is 1. The zero-order valence-electron chi connectivity index (χ0n) is 15.9. The Balaban J connectivity index is 0.00000210. The van der Waals surface area contributed by atoms with Crippen LogP contribution in [0.3, 0.4) is 0 Å². The molecule has 150 valence electrons. The molecule has 3 fully saturated rings. The summed E-state index contributed by atoms with van der Waals surface area (Å²) in [5.41, 5.74) is 0.607. The molecule has 6 heteroatoms. The summed E-state index contributed by atoms with van der Waals surface area (Å²) in [7, 11) is 1.66. The second kappa shape index (κ2) is 8.38. The largest absolute Gasteiger partial charge is 0.497 e. The molecule has 4 rings (SSSR count). The van der Waals surface area contributed by atoms with Gasteiger partial charge in [0.25, 0.3) is 0 Å². The third kappa shape index (κ3) is 3.82. The zero-order chi connectivity index (χ0) is 18.1. The van der Waals surface area contributed by atoms with E-state index in [0.29, 0.717) is 11.8 Å². The highest BCUT2D eigenvalue weighted by Gasteiger charge is 2.45. The summed E-state index contributed by atoms with van der Waals surface area (Å²) >= 11 is 0. The summed E-state index contributed by atoms with van der Waals surface area (Å²) in [5.74, 6) is 2.03. The smallest absolute Gasteiger partial charge is 0.230 e. The number of rotatable bonds is 4. The van der Waals surface area contributed by atoms with Crippen LogP contribution in [-0.2, 0) is 10.2 Å². The van der Waals surface area contributed by atoms with Crippen molar-refractivity contribution in [3.05, 3.63) is 29.8 Å². The van der Waals surface area contributed by atoms with Gasteiger partial charge in [0.05, 0.1) is 24.7 Å². The van der Waals surface area contributed by atoms with Crippen LogP contribution in [0.1, 0.15) is 44.1 Å². The number of hydrogen-bond donors (Lipinski definition) is 3. The maximum atomic E-state index is 13.4. The minimum absolute atomic E-state index is 0. The molecule has 1 saturated heterocycles. The maximum Gasteiger partial charge on any atom is 0.230 e. The predicted octanol–water partition coefficient (Wildman–Crippen LogP) is 2.40. The highest BCUT2D eigenvalue weighted by Crippen LogP contribution is 2.42. The minimum Gasteiger partial charge on any atom is -0.497 e. The number of halogens is 1. The number of hydrogen-bond acceptors (Lipinski definition) is 4. The predicted molar refractivity (Wildman–Crippen MR) is 107 cm³/mol. The minimum atomic E-state index is -0.462. The van der Waals surface area contributed by atoms with Crippen LogP contribution in [0.15, 0.2) is 24.3 Å². The van der Waals surface area contributed by atoms with Crippen molar-refractivity contribution in [3.63, 3.8) is 0 Å². The number of nitrogens with one attached hydrogen (secondary N) is 2. The number of ether oxygens (including phenoxy) is 1. The van der Waals surface area contributed by atoms with Crippen LogP contribution in [0.2, 0.25) is 0 Å². The Bertz CT molecular complexity index is 645. The van der Waals surface area contributed by atoms with Crippen molar-refractivity contribution in [2.75, 3.05) is 20.2 Å². The third-order valence-corrected chi connectivity index (χ3v) is 6.90. The van der Waals surface area contributed by atoms with E-state index in [1.807, 2.05) is 24.3 Å². The van der Waals surface area contributed by atoms with Crippen molar-refractivity contribution < 1.29 is 14.6 Å². The van der Waals surface area contributed by atoms with Gasteiger partial charge in [-0.2, -0.15) is 0 Å². The molecule has 1 aromatic carbocycles. The molecular weight excluding hydrogens is 364 g/mol. The van der Waals surface area contributed by atoms with E-state index in [0.717, 1.165) is 62.9 Å². The first-order chi connectivity index (χ1) is 12.6. The number of carbonyl (C=O) groups is 1. The Morgan fingerprint density at radius 2 is 1.78 bits per heavy atom. The second-order valence-electron chi connectivity index (χ2n) is 8.31. The summed E-state index contributed by atoms with van der Waals surface area (Å²) in [4.78, 5) is 13.4. The van der Waals surface area contributed by atoms with Gasteiger partial charge in [-0.25, -0.2) is 0 Å². The van der Waals surface area contributed by atoms with E-state index in [1.165, 1.54) is 0 Å². The van der Waals surface area contributed by atoms with E-state index < -0.39 is 11.5 Å². The van der Waals surface area contributed by atoms with Crippen molar-refractivity contribution in [1.29, 1.82) is 0 Å². The van der Waals surface area contributed by atoms with E-state index in [-0.39, 0.29) is 24.4 Å². The summed E-state index contributed by atoms with van der Waals surface area (Å²) in [6.07, 6.45) is 5.13. The number of aliphatic hydroxyl groups excluding tert-OH is 1. The fourth-order valence-electron chi connectivity index (χ4n) is 5.29. The number of amides is 1. The number of carbonyl (C=O) groups excluding carboxylic acids is 1. The molecule has 4 atom stereocenters. The lowest BCUT2D eigenvalue weighted by Gasteiger charge is -2.38. The molecule has 1 aromatic rings. The van der Waals surface area contributed by atoms with Gasteiger partial charge in [0.15, 0.2) is 0 Å². The molecule has 0 spiro atoms. The van der Waals surface area contributed by atoms with Crippen molar-refractivity contribution in [2.24, 2.45) is 11.8 Å². The van der Waals surface area contributed by atoms with Gasteiger partial charge in [0.1, 0.15) is 5.75 Å². The average molecular weight is 395 g/mol. The Morgan fingerprint density at radius 1 is 1.15 bits per heavy atom. The molecule has 27 heavy (non-hydrogen) atoms. The quantitative estimate of drug-likeness (QED) is 0.733. The molecule has 1 amide bonds. The molecule has 2 saturated carbocycles. The summed E-state index contributed by atoms with van der Waals surface area (Å²) < 4.78 is 5.26. The van der Waals surface area contributed by atoms with Crippen LogP contribution < -0.4 is 15.4 Å². The lowest BCUT2D eigenvalue weighted by molar-refractivity contribution is -0.129. The molecule has 1 aliphatic heterocycles. The average Bonchev–Trinajstić information content (AvgIpc) is 3.32. The van der Waals surface area contributed by atoms with Crippen molar-refractivity contribution in [3.8, 4) is 5.75 Å². The fraction of sp³-hybridized carbons (Fsp3) is 0.667. The standard InChI is InChI=1S/C21H30N2O3.ClH/c1-26-17-6-4-16(5-7-17)21(8-2-3-9-21)20(25)23-18-10-14-12-22-13-15(14)11-19(18)24;/h4-7,14-15,18-19,22,24H,2-3,8-13H2,1H3,(H,23,25);1H/t14-,15+,18-,19-;/m0./s1. The normalized spacial score (nSPS) is 31.6. The van der Waals surface area contributed by atoms with Gasteiger partial charge in [0.2, 0.25) is 5.91 Å². The van der Waals surface area contributed by atoms with Crippen molar-refractivity contribution in [1.82, 2.24) is 10.6 Å². The van der Waals surface area contributed by atoms with Gasteiger partial charge < -0.3 is 20.5 Å². The molecule has 0 aromatic heterocycles. The number of methoxy groups -OCH3 is 1. The van der Waals surface area contributed by atoms with Crippen LogP contribution >= 0.6 is 12.4 Å². The molecule has 2 aliphatic carbocycles. The lowest BCUT2D eigenvalue weighted by Crippen LogP contribution is -2.54. The van der Waals surface area contributed by atoms with Gasteiger partial charge in [-0.15, -0.1) is 12.4 Å². The first-order valence-corrected chi connectivity index (χ1v) is 9.97. The van der Waals surface area contributed by atoms with Gasteiger partial charge >= 0.3 is 0 Å². The highest BCUT2D eigenvalue weighted by molar-refractivity contribution is 5.89. The molecule has 0 unspecified atom stereocenters. The van der Waals surface area contributed by atoms with Gasteiger partial charge in [-0.05, 0) is 68.3 Å². The molecular formula is C21H31ClN2O3. The first kappa shape index (κ1) is 20.4. The van der Waals surface area contributed by atoms with E-state index in [1.54, 1.807) is 7.11 Å². The number of aliphatic hydroxyl groups is 1. The summed E-state index contributed by atoms with van der Waals surface area (Å²) in [6, 6.07) is 7.80. The maximum absolute atomic E-state index is 13.4. The van der Waals surface area contributed by atoms with E-state index in [4.69, 9.17) is 4.74 Å². The summed E-state index contributed by atoms with van der Waals surface area (Å²) in [6.45, 7) is 2.01. The van der Waals surface area contributed by atoms with Crippen LogP contribution in [0, 0.1) is 11.8 Å². The van der Waals surface area contributed by atoms with Crippen LogP contribution in [-0.4, -0.2) is 43.4 Å². The van der Waals surface area contributed by atoms with Gasteiger partial charge in [-0.1, -0.05) is 25.0 Å². The molecule has 0 bridgehead atoms. The van der Waals surface area contributed by atoms with Crippen LogP contribution in [0.5, 0.6) is 5.75 Å². The highest BCUT2D eigenvalue weighted by atomic mass is 35.5. The molecule has 5 nitrogen and oxygen atoms in total. The number of benzene rings is 1. The third-order valence-electron chi connectivity index (χ3n) is 6.90. The molecule has 1 heterocycles. The zero-order valence-corrected chi connectivity index (χ0v) is 16.8. The second-order valence-corrected chi connectivity index (χ2v) is 8.31. The van der Waals surface area contributed by atoms with Crippen molar-refractivity contribution >= 4 is 18.3 Å². The lowest BCUT2D eigenvalue weighted by atomic mass is 9.75. The van der Waals surface area contributed by atoms with E-state index in [9.17, 15) is 9.90 Å². The SMILES string of the molecule is COc1ccc(C2(C(=O)N[C@H]3C[C@H]4CNC[C@H]4C[C@@H]3O)CCCC2)cc1.Cl. The van der Waals surface area contributed by atoms with Crippen LogP contribution in [0.4, 0.5) is 0 Å². The Labute approximate surface area is 167 Å². The Hall–Kier alpha value is -1.30. The fourth-order valence-corrected chi connectivity index (χ4v) is 5.29. The van der Waals surface area contributed by atoms with E-state index >= 15 is 0 Å². The molecule has 3 aliphatic rings. The topological polar surface area (TPSA) is 70.6 Å². The Kier molecular flexibility index (Phi) is 6.34. The molecule has 0 radical (unpaired) electrons. The Morgan fingerprint density at radius 3 is 2.41 bits per heavy atom. The van der Waals surface area contributed by atoms with Crippen LogP contribution in [0.25, 0.3) is 0 Å². The van der Waals surface area contributed by atoms with Gasteiger partial charge in [0, 0.05) is 0 Å². The van der Waals surface area contributed by atoms with E-state index in [2.05, 4.69) is 10.6 Å².